The molecular formula is C69H115IN2. The van der Waals surface area contributed by atoms with Gasteiger partial charge in [0.05, 0.1) is 5.41 Å². The third-order valence-corrected chi connectivity index (χ3v) is 16.8. The van der Waals surface area contributed by atoms with Gasteiger partial charge in [0.1, 0.15) is 6.54 Å². The standard InChI is InChI=1S/C69H115N2.HI/c1-7-9-11-13-15-17-19-21-23-25-27-29-31-33-35-37-39-41-43-52-60-70-64-56-50-48-54-62(64)68(3,4)66(70)58-46-45-47-59-67-69(5,6)63-55-49-51-57-65(63)71(67)61-53-44-42-40-38-36-34-32-30-28-26-24-22-20-18-16-14-12-10-8-2;/h45-51,54-59H,7-44,52-53,60-61H2,1-6H3;1H/q+1;/p-1. The van der Waals surface area contributed by atoms with Crippen LogP contribution in [0.2, 0.25) is 0 Å². The van der Waals surface area contributed by atoms with Crippen LogP contribution in [0.15, 0.2) is 84.6 Å². The van der Waals surface area contributed by atoms with Gasteiger partial charge in [0, 0.05) is 47.5 Å². The summed E-state index contributed by atoms with van der Waals surface area (Å²) < 4.78 is 2.64. The first-order valence-electron chi connectivity index (χ1n) is 31.5. The van der Waals surface area contributed by atoms with E-state index in [1.807, 2.05) is 0 Å². The predicted molar refractivity (Wildman–Crippen MR) is 318 cm³/mol. The van der Waals surface area contributed by atoms with E-state index in [9.17, 15) is 0 Å². The summed E-state index contributed by atoms with van der Waals surface area (Å²) in [5, 5.41) is 0. The third-order valence-electron chi connectivity index (χ3n) is 16.8. The van der Waals surface area contributed by atoms with E-state index in [1.165, 1.54) is 291 Å². The van der Waals surface area contributed by atoms with Gasteiger partial charge in [0.15, 0.2) is 5.71 Å². The lowest BCUT2D eigenvalue weighted by molar-refractivity contribution is -0.438. The SMILES string of the molecule is CCCCCCCCCCCCCCCCCCCCCCN1/C(=C/C=C/C=C/C2=[N+](CCCCCCCCCCCCCCCCCCCCCC)c3ccccc3C2(C)C)C(C)(C)c2ccccc21.[I-]. The normalized spacial score (nSPS) is 15.4. The molecule has 2 aromatic rings. The quantitative estimate of drug-likeness (QED) is 0.0277. The summed E-state index contributed by atoms with van der Waals surface area (Å²) in [5.74, 6) is 0. The Hall–Kier alpha value is -2.14. The minimum Gasteiger partial charge on any atom is -1.00 e. The highest BCUT2D eigenvalue weighted by Crippen LogP contribution is 2.48. The highest BCUT2D eigenvalue weighted by molar-refractivity contribution is 6.03. The van der Waals surface area contributed by atoms with Crippen LogP contribution in [0, 0.1) is 0 Å². The van der Waals surface area contributed by atoms with Crippen molar-refractivity contribution in [2.45, 2.75) is 309 Å². The van der Waals surface area contributed by atoms with Crippen LogP contribution in [0.4, 0.5) is 11.4 Å². The number of allylic oxidation sites excluding steroid dienone is 6. The van der Waals surface area contributed by atoms with Crippen molar-refractivity contribution >= 4 is 17.1 Å². The maximum Gasteiger partial charge on any atom is 0.209 e. The fourth-order valence-corrected chi connectivity index (χ4v) is 12.2. The molecule has 408 valence electrons. The van der Waals surface area contributed by atoms with Crippen molar-refractivity contribution in [2.75, 3.05) is 18.0 Å². The largest absolute Gasteiger partial charge is 1.00 e. The molecule has 2 nitrogen and oxygen atoms in total. The van der Waals surface area contributed by atoms with E-state index in [1.54, 1.807) is 0 Å². The maximum absolute atomic E-state index is 2.64. The van der Waals surface area contributed by atoms with Crippen LogP contribution in [0.25, 0.3) is 0 Å². The van der Waals surface area contributed by atoms with Crippen LogP contribution in [0.1, 0.15) is 310 Å². The summed E-state index contributed by atoms with van der Waals surface area (Å²) >= 11 is 0. The molecule has 2 aliphatic rings. The first-order valence-corrected chi connectivity index (χ1v) is 31.5. The smallest absolute Gasteiger partial charge is 0.209 e. The van der Waals surface area contributed by atoms with Gasteiger partial charge in [-0.2, -0.15) is 4.58 Å². The highest BCUT2D eigenvalue weighted by atomic mass is 127. The van der Waals surface area contributed by atoms with Gasteiger partial charge in [0.25, 0.3) is 0 Å². The van der Waals surface area contributed by atoms with E-state index in [2.05, 4.69) is 130 Å². The van der Waals surface area contributed by atoms with Crippen molar-refractivity contribution in [3.05, 3.63) is 95.7 Å². The van der Waals surface area contributed by atoms with Crippen molar-refractivity contribution in [3.63, 3.8) is 0 Å². The van der Waals surface area contributed by atoms with Gasteiger partial charge in [-0.3, -0.25) is 0 Å². The number of halogens is 1. The number of fused-ring (bicyclic) bond motifs is 2. The van der Waals surface area contributed by atoms with Gasteiger partial charge >= 0.3 is 0 Å². The maximum atomic E-state index is 2.64. The zero-order valence-electron chi connectivity index (χ0n) is 48.5. The second-order valence-electron chi connectivity index (χ2n) is 23.7. The van der Waals surface area contributed by atoms with Crippen molar-refractivity contribution in [1.82, 2.24) is 0 Å². The Kier molecular flexibility index (Phi) is 35.8. The number of anilines is 1. The second kappa shape index (κ2) is 40.2. The predicted octanol–water partition coefficient (Wildman–Crippen LogP) is 19.5. The molecule has 0 spiro atoms. The van der Waals surface area contributed by atoms with E-state index >= 15 is 0 Å². The van der Waals surface area contributed by atoms with Crippen LogP contribution in [0.5, 0.6) is 0 Å². The molecule has 0 saturated heterocycles. The van der Waals surface area contributed by atoms with E-state index in [-0.39, 0.29) is 34.8 Å². The van der Waals surface area contributed by atoms with Crippen molar-refractivity contribution < 1.29 is 28.6 Å². The summed E-state index contributed by atoms with van der Waals surface area (Å²) in [6, 6.07) is 18.3. The third kappa shape index (κ3) is 24.2. The number of unbranched alkanes of at least 4 members (excludes halogenated alkanes) is 38. The first-order chi connectivity index (χ1) is 34.8. The van der Waals surface area contributed by atoms with Crippen LogP contribution < -0.4 is 28.9 Å². The Labute approximate surface area is 465 Å². The zero-order chi connectivity index (χ0) is 50.5. The lowest BCUT2D eigenvalue weighted by Gasteiger charge is -2.27. The van der Waals surface area contributed by atoms with Gasteiger partial charge in [-0.15, -0.1) is 0 Å². The van der Waals surface area contributed by atoms with E-state index < -0.39 is 0 Å². The molecule has 0 radical (unpaired) electrons. The lowest BCUT2D eigenvalue weighted by atomic mass is 9.81. The Balaban J connectivity index is 0.0000137. The molecule has 0 amide bonds. The number of benzene rings is 2. The molecule has 3 heteroatoms. The van der Waals surface area contributed by atoms with E-state index in [4.69, 9.17) is 0 Å². The van der Waals surface area contributed by atoms with Crippen molar-refractivity contribution in [2.24, 2.45) is 0 Å². The van der Waals surface area contributed by atoms with Gasteiger partial charge in [-0.05, 0) is 44.4 Å². The van der Waals surface area contributed by atoms with Crippen LogP contribution >= 0.6 is 0 Å². The average Bonchev–Trinajstić information content (AvgIpc) is 3.72. The molecule has 2 heterocycles. The summed E-state index contributed by atoms with van der Waals surface area (Å²) in [4.78, 5) is 2.64. The van der Waals surface area contributed by atoms with Crippen molar-refractivity contribution in [3.8, 4) is 0 Å². The van der Waals surface area contributed by atoms with Crippen LogP contribution in [-0.4, -0.2) is 23.4 Å². The van der Waals surface area contributed by atoms with Gasteiger partial charge in [0.2, 0.25) is 5.69 Å². The topological polar surface area (TPSA) is 6.25 Å². The Morgan fingerprint density at radius 3 is 1.18 bits per heavy atom. The zero-order valence-corrected chi connectivity index (χ0v) is 50.6. The Bertz CT molecular complexity index is 1780. The van der Waals surface area contributed by atoms with E-state index in [0.29, 0.717) is 0 Å². The number of rotatable bonds is 45. The fourth-order valence-electron chi connectivity index (χ4n) is 12.2. The molecule has 0 aliphatic carbocycles. The Morgan fingerprint density at radius 2 is 0.750 bits per heavy atom. The molecular weight excluding hydrogens is 984 g/mol. The minimum absolute atomic E-state index is 0. The molecule has 4 rings (SSSR count). The van der Waals surface area contributed by atoms with Gasteiger partial charge in [-0.25, -0.2) is 0 Å². The highest BCUT2D eigenvalue weighted by Gasteiger charge is 2.44. The average molecular weight is 1100 g/mol. The Morgan fingerprint density at radius 1 is 0.389 bits per heavy atom. The number of hydrogen-bond acceptors (Lipinski definition) is 1. The molecule has 0 bridgehead atoms. The number of hydrogen-bond donors (Lipinski definition) is 0. The molecule has 72 heavy (non-hydrogen) atoms. The molecule has 2 aliphatic heterocycles. The van der Waals surface area contributed by atoms with Gasteiger partial charge in [-0.1, -0.05) is 320 Å². The lowest BCUT2D eigenvalue weighted by Crippen LogP contribution is -3.00. The summed E-state index contributed by atoms with van der Waals surface area (Å²) in [6.07, 6.45) is 68.8. The van der Waals surface area contributed by atoms with E-state index in [0.717, 1.165) is 13.1 Å². The molecule has 0 atom stereocenters. The molecule has 2 aromatic carbocycles. The second-order valence-corrected chi connectivity index (χ2v) is 23.7. The fraction of sp³-hybridized carbons (Fsp3) is 0.725. The monoisotopic (exact) mass is 1100 g/mol. The summed E-state index contributed by atoms with van der Waals surface area (Å²) in [6.45, 7) is 16.5. The number of para-hydroxylation sites is 2. The molecule has 0 unspecified atom stereocenters. The molecule has 0 N–H and O–H groups in total. The molecule has 0 saturated carbocycles. The summed E-state index contributed by atoms with van der Waals surface area (Å²) in [7, 11) is 0. The van der Waals surface area contributed by atoms with Gasteiger partial charge < -0.3 is 28.9 Å². The minimum atomic E-state index is -0.00914. The number of nitrogens with zero attached hydrogens (tertiary/aromatic N) is 2. The first kappa shape index (κ1) is 64.1. The van der Waals surface area contributed by atoms with Crippen LogP contribution in [0.3, 0.4) is 0 Å². The van der Waals surface area contributed by atoms with Crippen molar-refractivity contribution in [1.29, 1.82) is 0 Å². The molecule has 0 aromatic heterocycles. The summed E-state index contributed by atoms with van der Waals surface area (Å²) in [5.41, 5.74) is 8.59. The molecule has 0 fully saturated rings. The van der Waals surface area contributed by atoms with Crippen LogP contribution in [-0.2, 0) is 10.8 Å².